The van der Waals surface area contributed by atoms with Gasteiger partial charge < -0.3 is 20.2 Å². The number of carbonyl (C=O) groups excluding carboxylic acids is 2. The first kappa shape index (κ1) is 23.0. The van der Waals surface area contributed by atoms with Crippen LogP contribution in [0.25, 0.3) is 11.6 Å². The number of hydrogen-bond acceptors (Lipinski definition) is 4. The number of aromatic nitrogens is 3. The number of benzene rings is 2. The van der Waals surface area contributed by atoms with Crippen molar-refractivity contribution < 1.29 is 9.59 Å². The van der Waals surface area contributed by atoms with Crippen LogP contribution in [-0.2, 0) is 17.8 Å². The van der Waals surface area contributed by atoms with Crippen LogP contribution in [0, 0.1) is 0 Å². The fourth-order valence-electron chi connectivity index (χ4n) is 4.24. The average Bonchev–Trinajstić information content (AvgIpc) is 3.51. The SMILES string of the molecule is O=C1Nc2cc(CCCNC(=O)c3cccn(Cc4ccccc4)c3=O)ccc2C1=Cc1c[nH]cn1. The molecule has 180 valence electrons. The van der Waals surface area contributed by atoms with Gasteiger partial charge in [0.05, 0.1) is 24.1 Å². The molecule has 0 bridgehead atoms. The lowest BCUT2D eigenvalue weighted by Gasteiger charge is -2.09. The minimum atomic E-state index is -0.378. The van der Waals surface area contributed by atoms with Crippen molar-refractivity contribution in [2.45, 2.75) is 19.4 Å². The molecule has 0 saturated carbocycles. The smallest absolute Gasteiger partial charge is 0.263 e. The molecule has 0 spiro atoms. The van der Waals surface area contributed by atoms with E-state index in [1.54, 1.807) is 36.9 Å². The largest absolute Gasteiger partial charge is 0.352 e. The van der Waals surface area contributed by atoms with Gasteiger partial charge in [0.2, 0.25) is 0 Å². The molecule has 0 unspecified atom stereocenters. The quantitative estimate of drug-likeness (QED) is 0.266. The van der Waals surface area contributed by atoms with E-state index in [4.69, 9.17) is 0 Å². The molecule has 3 N–H and O–H groups in total. The summed E-state index contributed by atoms with van der Waals surface area (Å²) in [6, 6.07) is 18.8. The van der Waals surface area contributed by atoms with E-state index in [-0.39, 0.29) is 22.9 Å². The molecular formula is C28H25N5O3. The van der Waals surface area contributed by atoms with Crippen molar-refractivity contribution in [3.05, 3.63) is 118 Å². The van der Waals surface area contributed by atoms with E-state index >= 15 is 0 Å². The monoisotopic (exact) mass is 479 g/mol. The van der Waals surface area contributed by atoms with Gasteiger partial charge in [0.15, 0.2) is 0 Å². The van der Waals surface area contributed by atoms with Gasteiger partial charge in [-0.25, -0.2) is 4.98 Å². The molecule has 0 atom stereocenters. The molecule has 8 nitrogen and oxygen atoms in total. The summed E-state index contributed by atoms with van der Waals surface area (Å²) < 4.78 is 1.54. The molecule has 4 aromatic rings. The number of amides is 2. The second-order valence-corrected chi connectivity index (χ2v) is 8.59. The van der Waals surface area contributed by atoms with E-state index in [0.29, 0.717) is 30.8 Å². The minimum absolute atomic E-state index is 0.130. The number of aryl methyl sites for hydroxylation is 1. The van der Waals surface area contributed by atoms with Crippen LogP contribution in [0.15, 0.2) is 84.2 Å². The predicted octanol–water partition coefficient (Wildman–Crippen LogP) is 3.48. The number of pyridine rings is 1. The summed E-state index contributed by atoms with van der Waals surface area (Å²) in [5.74, 6) is -0.532. The fraction of sp³-hybridized carbons (Fsp3) is 0.143. The molecular weight excluding hydrogens is 454 g/mol. The summed E-state index contributed by atoms with van der Waals surface area (Å²) in [5.41, 5.74) is 4.75. The maximum absolute atomic E-state index is 12.8. The van der Waals surface area contributed by atoms with Gasteiger partial charge in [-0.15, -0.1) is 0 Å². The summed E-state index contributed by atoms with van der Waals surface area (Å²) in [7, 11) is 0. The van der Waals surface area contributed by atoms with E-state index in [1.807, 2.05) is 48.5 Å². The van der Waals surface area contributed by atoms with Crippen molar-refractivity contribution >= 4 is 29.2 Å². The van der Waals surface area contributed by atoms with Gasteiger partial charge in [0, 0.05) is 30.2 Å². The van der Waals surface area contributed by atoms with Crippen molar-refractivity contribution in [3.63, 3.8) is 0 Å². The molecule has 2 aromatic carbocycles. The van der Waals surface area contributed by atoms with Gasteiger partial charge in [0.25, 0.3) is 17.4 Å². The van der Waals surface area contributed by atoms with Crippen molar-refractivity contribution in [2.24, 2.45) is 0 Å². The first-order valence-electron chi connectivity index (χ1n) is 11.8. The highest BCUT2D eigenvalue weighted by molar-refractivity contribution is 6.34. The first-order valence-corrected chi connectivity index (χ1v) is 11.8. The van der Waals surface area contributed by atoms with Crippen LogP contribution in [0.3, 0.4) is 0 Å². The highest BCUT2D eigenvalue weighted by Crippen LogP contribution is 2.33. The zero-order valence-electron chi connectivity index (χ0n) is 19.5. The molecule has 0 aliphatic carbocycles. The predicted molar refractivity (Wildman–Crippen MR) is 138 cm³/mol. The molecule has 0 fully saturated rings. The zero-order chi connectivity index (χ0) is 24.9. The van der Waals surface area contributed by atoms with Crippen LogP contribution in [0.4, 0.5) is 5.69 Å². The van der Waals surface area contributed by atoms with E-state index < -0.39 is 0 Å². The number of anilines is 1. The van der Waals surface area contributed by atoms with Crippen LogP contribution in [0.1, 0.15) is 39.2 Å². The Hall–Kier alpha value is -4.72. The van der Waals surface area contributed by atoms with Crippen molar-refractivity contribution in [3.8, 4) is 0 Å². The summed E-state index contributed by atoms with van der Waals surface area (Å²) >= 11 is 0. The maximum atomic E-state index is 12.8. The molecule has 8 heteroatoms. The Morgan fingerprint density at radius 3 is 2.69 bits per heavy atom. The lowest BCUT2D eigenvalue weighted by molar-refractivity contribution is -0.110. The number of fused-ring (bicyclic) bond motifs is 1. The van der Waals surface area contributed by atoms with Crippen LogP contribution >= 0.6 is 0 Å². The zero-order valence-corrected chi connectivity index (χ0v) is 19.5. The highest BCUT2D eigenvalue weighted by Gasteiger charge is 2.24. The van der Waals surface area contributed by atoms with Gasteiger partial charge in [-0.05, 0) is 48.2 Å². The summed E-state index contributed by atoms with van der Waals surface area (Å²) in [6.45, 7) is 0.841. The molecule has 2 amide bonds. The van der Waals surface area contributed by atoms with Crippen LogP contribution < -0.4 is 16.2 Å². The standard InChI is InChI=1S/C28H25N5O3/c34-26(23-9-5-13-33(28(23)36)17-20-6-2-1-3-7-20)30-12-4-8-19-10-11-22-24(15-21-16-29-18-31-21)27(35)32-25(22)14-19/h1-3,5-7,9-11,13-16,18H,4,8,12,17H2,(H,29,31)(H,30,34)(H,32,35). The van der Waals surface area contributed by atoms with E-state index in [1.165, 1.54) is 4.57 Å². The van der Waals surface area contributed by atoms with Crippen molar-refractivity contribution in [1.82, 2.24) is 19.9 Å². The third kappa shape index (κ3) is 5.02. The molecule has 1 aliphatic heterocycles. The molecule has 5 rings (SSSR count). The number of imidazole rings is 1. The molecule has 0 radical (unpaired) electrons. The topological polar surface area (TPSA) is 109 Å². The molecule has 1 aliphatic rings. The lowest BCUT2D eigenvalue weighted by Crippen LogP contribution is -2.33. The van der Waals surface area contributed by atoms with E-state index in [9.17, 15) is 14.4 Å². The van der Waals surface area contributed by atoms with Gasteiger partial charge in [0.1, 0.15) is 5.56 Å². The Morgan fingerprint density at radius 2 is 1.89 bits per heavy atom. The van der Waals surface area contributed by atoms with Gasteiger partial charge >= 0.3 is 0 Å². The number of carbonyl (C=O) groups is 2. The number of nitrogens with zero attached hydrogens (tertiary/aromatic N) is 2. The second-order valence-electron chi connectivity index (χ2n) is 8.59. The second kappa shape index (κ2) is 10.3. The summed E-state index contributed by atoms with van der Waals surface area (Å²) in [6.07, 6.45) is 8.15. The molecule has 36 heavy (non-hydrogen) atoms. The van der Waals surface area contributed by atoms with Crippen LogP contribution in [0.2, 0.25) is 0 Å². The van der Waals surface area contributed by atoms with E-state index in [2.05, 4.69) is 20.6 Å². The number of H-pyrrole nitrogens is 1. The normalized spacial score (nSPS) is 13.4. The molecule has 0 saturated heterocycles. The minimum Gasteiger partial charge on any atom is -0.352 e. The summed E-state index contributed by atoms with van der Waals surface area (Å²) in [5, 5.41) is 5.76. The Morgan fingerprint density at radius 1 is 1.03 bits per heavy atom. The fourth-order valence-corrected chi connectivity index (χ4v) is 4.24. The Balaban J connectivity index is 1.17. The van der Waals surface area contributed by atoms with Crippen molar-refractivity contribution in [2.75, 3.05) is 11.9 Å². The third-order valence-electron chi connectivity index (χ3n) is 6.07. The Labute approximate surface area is 207 Å². The molecule has 2 aromatic heterocycles. The average molecular weight is 480 g/mol. The maximum Gasteiger partial charge on any atom is 0.263 e. The number of rotatable bonds is 8. The third-order valence-corrected chi connectivity index (χ3v) is 6.07. The van der Waals surface area contributed by atoms with E-state index in [0.717, 1.165) is 28.8 Å². The van der Waals surface area contributed by atoms with Gasteiger partial charge in [-0.3, -0.25) is 14.4 Å². The number of nitrogens with one attached hydrogen (secondary N) is 3. The lowest BCUT2D eigenvalue weighted by atomic mass is 10.0. The van der Waals surface area contributed by atoms with Gasteiger partial charge in [-0.2, -0.15) is 0 Å². The summed E-state index contributed by atoms with van der Waals surface area (Å²) in [4.78, 5) is 44.9. The highest BCUT2D eigenvalue weighted by atomic mass is 16.2. The Kier molecular flexibility index (Phi) is 6.57. The van der Waals surface area contributed by atoms with Crippen LogP contribution in [0.5, 0.6) is 0 Å². The Bertz CT molecular complexity index is 1490. The van der Waals surface area contributed by atoms with Gasteiger partial charge in [-0.1, -0.05) is 42.5 Å². The molecule has 3 heterocycles. The van der Waals surface area contributed by atoms with Crippen molar-refractivity contribution in [1.29, 1.82) is 0 Å². The first-order chi connectivity index (χ1) is 17.6. The van der Waals surface area contributed by atoms with Crippen LogP contribution in [-0.4, -0.2) is 32.9 Å². The number of aromatic amines is 1. The number of hydrogen-bond donors (Lipinski definition) is 3.